The number of nitrogens with zero attached hydrogens (tertiary/aromatic N) is 5. The molecular formula is C15H17N5. The van der Waals surface area contributed by atoms with E-state index in [4.69, 9.17) is 0 Å². The highest BCUT2D eigenvalue weighted by molar-refractivity contribution is 5.49. The topological polar surface area (TPSA) is 46.8 Å². The van der Waals surface area contributed by atoms with Gasteiger partial charge >= 0.3 is 0 Å². The molecule has 0 spiro atoms. The molecule has 0 fully saturated rings. The lowest BCUT2D eigenvalue weighted by Gasteiger charge is -2.13. The van der Waals surface area contributed by atoms with Gasteiger partial charge < -0.3 is 9.47 Å². The van der Waals surface area contributed by atoms with E-state index < -0.39 is 0 Å². The predicted octanol–water partition coefficient (Wildman–Crippen LogP) is 2.09. The van der Waals surface area contributed by atoms with Gasteiger partial charge in [-0.2, -0.15) is 0 Å². The molecule has 102 valence electrons. The van der Waals surface area contributed by atoms with Crippen LogP contribution in [0.4, 0.5) is 5.69 Å². The highest BCUT2D eigenvalue weighted by Crippen LogP contribution is 2.16. The lowest BCUT2D eigenvalue weighted by molar-refractivity contribution is 0.674. The molecule has 2 aliphatic heterocycles. The van der Waals surface area contributed by atoms with Crippen LogP contribution in [-0.2, 0) is 13.0 Å². The van der Waals surface area contributed by atoms with E-state index in [1.54, 1.807) is 12.5 Å². The summed E-state index contributed by atoms with van der Waals surface area (Å²) in [6.45, 7) is 0.852. The molecule has 0 aliphatic carbocycles. The highest BCUT2D eigenvalue weighted by atomic mass is 15.1. The van der Waals surface area contributed by atoms with Gasteiger partial charge in [-0.25, -0.2) is 15.0 Å². The first kappa shape index (κ1) is 12.6. The molecule has 2 aliphatic rings. The minimum Gasteiger partial charge on any atom is -0.378 e. The van der Waals surface area contributed by atoms with Crippen molar-refractivity contribution in [1.82, 2.24) is 19.5 Å². The van der Waals surface area contributed by atoms with Crippen LogP contribution < -0.4 is 4.90 Å². The van der Waals surface area contributed by atoms with Crippen molar-refractivity contribution in [2.75, 3.05) is 19.0 Å². The molecule has 0 amide bonds. The Bertz CT molecular complexity index is 656. The molecule has 0 atom stereocenters. The third kappa shape index (κ3) is 2.47. The molecule has 2 heterocycles. The molecule has 0 saturated heterocycles. The van der Waals surface area contributed by atoms with Gasteiger partial charge in [-0.1, -0.05) is 12.1 Å². The summed E-state index contributed by atoms with van der Waals surface area (Å²) in [7, 11) is 4.09. The van der Waals surface area contributed by atoms with Crippen molar-refractivity contribution < 1.29 is 0 Å². The molecule has 0 N–H and O–H groups in total. The van der Waals surface area contributed by atoms with Crippen LogP contribution in [0.1, 0.15) is 5.56 Å². The van der Waals surface area contributed by atoms with Crippen molar-refractivity contribution >= 4 is 5.69 Å². The van der Waals surface area contributed by atoms with Gasteiger partial charge in [0.2, 0.25) is 0 Å². The average Bonchev–Trinajstić information content (AvgIpc) is 2.94. The summed E-state index contributed by atoms with van der Waals surface area (Å²) in [5, 5.41) is 0. The van der Waals surface area contributed by atoms with Gasteiger partial charge in [0, 0.05) is 26.3 Å². The van der Waals surface area contributed by atoms with Gasteiger partial charge in [0.25, 0.3) is 0 Å². The fourth-order valence-corrected chi connectivity index (χ4v) is 2.20. The van der Waals surface area contributed by atoms with Crippen molar-refractivity contribution in [1.29, 1.82) is 0 Å². The van der Waals surface area contributed by atoms with E-state index in [1.165, 1.54) is 11.3 Å². The van der Waals surface area contributed by atoms with Crippen molar-refractivity contribution in [3.05, 3.63) is 48.7 Å². The van der Waals surface area contributed by atoms with Crippen molar-refractivity contribution in [2.24, 2.45) is 0 Å². The zero-order valence-electron chi connectivity index (χ0n) is 11.7. The number of rotatable bonds is 4. The number of anilines is 1. The first-order valence-electron chi connectivity index (χ1n) is 6.61. The summed E-state index contributed by atoms with van der Waals surface area (Å²) in [6.07, 6.45) is 6.08. The molecule has 0 radical (unpaired) electrons. The molecule has 0 unspecified atom stereocenters. The zero-order valence-corrected chi connectivity index (χ0v) is 11.7. The van der Waals surface area contributed by atoms with Gasteiger partial charge in [0.15, 0.2) is 5.82 Å². The van der Waals surface area contributed by atoms with Crippen LogP contribution in [0.15, 0.2) is 43.1 Å². The third-order valence-corrected chi connectivity index (χ3v) is 3.37. The van der Waals surface area contributed by atoms with Crippen LogP contribution in [0.2, 0.25) is 0 Å². The van der Waals surface area contributed by atoms with Crippen LogP contribution in [0.3, 0.4) is 0 Å². The van der Waals surface area contributed by atoms with Crippen LogP contribution in [0.25, 0.3) is 11.5 Å². The van der Waals surface area contributed by atoms with E-state index in [0.29, 0.717) is 0 Å². The van der Waals surface area contributed by atoms with Gasteiger partial charge in [0.05, 0.1) is 12.5 Å². The zero-order chi connectivity index (χ0) is 13.9. The average molecular weight is 267 g/mol. The third-order valence-electron chi connectivity index (χ3n) is 3.37. The lowest BCUT2D eigenvalue weighted by Crippen LogP contribution is -2.09. The molecule has 1 aromatic rings. The van der Waals surface area contributed by atoms with Crippen LogP contribution in [0, 0.1) is 0 Å². The molecule has 1 aromatic carbocycles. The van der Waals surface area contributed by atoms with E-state index in [-0.39, 0.29) is 0 Å². The maximum Gasteiger partial charge on any atom is 0.163 e. The quantitative estimate of drug-likeness (QED) is 0.726. The largest absolute Gasteiger partial charge is 0.378 e. The summed E-state index contributed by atoms with van der Waals surface area (Å²) in [4.78, 5) is 14.7. The summed E-state index contributed by atoms with van der Waals surface area (Å²) >= 11 is 0. The Kier molecular flexibility index (Phi) is 3.33. The second-order valence-corrected chi connectivity index (χ2v) is 4.98. The second kappa shape index (κ2) is 5.28. The molecule has 3 rings (SSSR count). The highest BCUT2D eigenvalue weighted by Gasteiger charge is 2.09. The first-order valence-corrected chi connectivity index (χ1v) is 6.61. The molecule has 5 heteroatoms. The maximum atomic E-state index is 4.27. The number of aromatic nitrogens is 4. The molecular weight excluding hydrogens is 250 g/mol. The van der Waals surface area contributed by atoms with E-state index >= 15 is 0 Å². The van der Waals surface area contributed by atoms with E-state index in [1.807, 2.05) is 25.0 Å². The normalized spacial score (nSPS) is 10.9. The summed E-state index contributed by atoms with van der Waals surface area (Å²) in [5.41, 5.74) is 3.36. The SMILES string of the molecule is CN(C)c1ccc(CCn2cncc3ncnc2-3)cc1. The number of aryl methyl sites for hydroxylation is 2. The number of benzene rings is 1. The molecule has 0 aromatic heterocycles. The predicted molar refractivity (Wildman–Crippen MR) is 78.9 cm³/mol. The summed E-state index contributed by atoms with van der Waals surface area (Å²) < 4.78 is 2.04. The fraction of sp³-hybridized carbons (Fsp3) is 0.267. The Morgan fingerprint density at radius 1 is 1.10 bits per heavy atom. The molecule has 20 heavy (non-hydrogen) atoms. The fourth-order valence-electron chi connectivity index (χ4n) is 2.20. The molecule has 0 saturated carbocycles. The Hall–Kier alpha value is -2.43. The summed E-state index contributed by atoms with van der Waals surface area (Å²) in [6, 6.07) is 8.61. The van der Waals surface area contributed by atoms with Gasteiger partial charge in [0.1, 0.15) is 12.0 Å². The van der Waals surface area contributed by atoms with Crippen molar-refractivity contribution in [3.63, 3.8) is 0 Å². The Labute approximate surface area is 118 Å². The molecule has 0 bridgehead atoms. The van der Waals surface area contributed by atoms with Gasteiger partial charge in [-0.3, -0.25) is 0 Å². The Morgan fingerprint density at radius 3 is 2.65 bits per heavy atom. The summed E-state index contributed by atoms with van der Waals surface area (Å²) in [5.74, 6) is 0.893. The number of hydrogen-bond donors (Lipinski definition) is 0. The smallest absolute Gasteiger partial charge is 0.163 e. The van der Waals surface area contributed by atoms with E-state index in [2.05, 4.69) is 44.1 Å². The Balaban J connectivity index is 1.72. The number of imidazole rings is 1. The van der Waals surface area contributed by atoms with Crippen molar-refractivity contribution in [2.45, 2.75) is 13.0 Å². The maximum absolute atomic E-state index is 4.27. The van der Waals surface area contributed by atoms with Crippen LogP contribution in [-0.4, -0.2) is 33.6 Å². The van der Waals surface area contributed by atoms with E-state index in [9.17, 15) is 0 Å². The van der Waals surface area contributed by atoms with Crippen LogP contribution in [0.5, 0.6) is 0 Å². The standard InChI is InChI=1S/C15H17N5/c1-19(2)13-5-3-12(4-6-13)7-8-20-11-16-9-14-15(20)18-10-17-14/h3-6,9-11H,7-8H2,1-2H3. The minimum absolute atomic E-state index is 0.843. The minimum atomic E-state index is 0.843. The Morgan fingerprint density at radius 2 is 1.90 bits per heavy atom. The van der Waals surface area contributed by atoms with E-state index in [0.717, 1.165) is 24.5 Å². The van der Waals surface area contributed by atoms with Gasteiger partial charge in [-0.05, 0) is 24.1 Å². The lowest BCUT2D eigenvalue weighted by atomic mass is 10.1. The monoisotopic (exact) mass is 267 g/mol. The molecule has 5 nitrogen and oxygen atoms in total. The van der Waals surface area contributed by atoms with Crippen LogP contribution >= 0.6 is 0 Å². The van der Waals surface area contributed by atoms with Gasteiger partial charge in [-0.15, -0.1) is 0 Å². The second-order valence-electron chi connectivity index (χ2n) is 4.98. The first-order chi connectivity index (χ1) is 9.74. The number of fused-ring (bicyclic) bond motifs is 1. The number of hydrogen-bond acceptors (Lipinski definition) is 4. The van der Waals surface area contributed by atoms with Crippen molar-refractivity contribution in [3.8, 4) is 11.5 Å².